The molecule has 3 rings (SSSR count). The number of hydrogen-bond donors (Lipinski definition) is 1. The SMILES string of the molecule is CC1CC(C)CN(S(=O)(=O)c2cccc(C(=O)NCC3CCCO3)c2)C1. The predicted octanol–water partition coefficient (Wildman–Crippen LogP) is 2.26. The van der Waals surface area contributed by atoms with Crippen LogP contribution in [0.3, 0.4) is 0 Å². The van der Waals surface area contributed by atoms with Gasteiger partial charge < -0.3 is 10.1 Å². The van der Waals surface area contributed by atoms with Gasteiger partial charge in [-0.3, -0.25) is 4.79 Å². The van der Waals surface area contributed by atoms with Crippen molar-refractivity contribution >= 4 is 15.9 Å². The van der Waals surface area contributed by atoms with E-state index in [1.807, 2.05) is 0 Å². The van der Waals surface area contributed by atoms with Crippen LogP contribution in [0.1, 0.15) is 43.5 Å². The zero-order chi connectivity index (χ0) is 18.7. The number of rotatable bonds is 5. The fourth-order valence-electron chi connectivity index (χ4n) is 3.86. The summed E-state index contributed by atoms with van der Waals surface area (Å²) in [6.45, 7) is 6.41. The van der Waals surface area contributed by atoms with Crippen molar-refractivity contribution in [2.75, 3.05) is 26.2 Å². The van der Waals surface area contributed by atoms with E-state index in [0.29, 0.717) is 37.0 Å². The number of ether oxygens (including phenoxy) is 1. The summed E-state index contributed by atoms with van der Waals surface area (Å²) < 4.78 is 33.0. The lowest BCUT2D eigenvalue weighted by molar-refractivity contribution is 0.0857. The van der Waals surface area contributed by atoms with E-state index in [-0.39, 0.29) is 16.9 Å². The van der Waals surface area contributed by atoms with E-state index in [4.69, 9.17) is 4.74 Å². The molecule has 0 bridgehead atoms. The van der Waals surface area contributed by atoms with Crippen molar-refractivity contribution in [1.82, 2.24) is 9.62 Å². The first-order chi connectivity index (χ1) is 12.4. The molecule has 0 radical (unpaired) electrons. The Morgan fingerprint density at radius 1 is 1.27 bits per heavy atom. The maximum atomic E-state index is 13.0. The van der Waals surface area contributed by atoms with Gasteiger partial charge in [0.1, 0.15) is 0 Å². The van der Waals surface area contributed by atoms with Crippen molar-refractivity contribution in [2.45, 2.75) is 44.1 Å². The third kappa shape index (κ3) is 4.45. The number of benzene rings is 1. The smallest absolute Gasteiger partial charge is 0.251 e. The van der Waals surface area contributed by atoms with Gasteiger partial charge in [0.15, 0.2) is 0 Å². The van der Waals surface area contributed by atoms with Gasteiger partial charge in [0, 0.05) is 31.8 Å². The number of piperidine rings is 1. The Morgan fingerprint density at radius 3 is 2.65 bits per heavy atom. The molecule has 2 fully saturated rings. The molecule has 3 atom stereocenters. The van der Waals surface area contributed by atoms with Crippen LogP contribution < -0.4 is 5.32 Å². The second-order valence-electron chi connectivity index (χ2n) is 7.64. The van der Waals surface area contributed by atoms with Crippen LogP contribution in [-0.2, 0) is 14.8 Å². The number of nitrogens with one attached hydrogen (secondary N) is 1. The topological polar surface area (TPSA) is 75.7 Å². The largest absolute Gasteiger partial charge is 0.376 e. The summed E-state index contributed by atoms with van der Waals surface area (Å²) in [4.78, 5) is 12.6. The summed E-state index contributed by atoms with van der Waals surface area (Å²) in [7, 11) is -3.59. The van der Waals surface area contributed by atoms with Crippen molar-refractivity contribution in [3.05, 3.63) is 29.8 Å². The molecule has 0 aromatic heterocycles. The summed E-state index contributed by atoms with van der Waals surface area (Å²) in [5.41, 5.74) is 0.363. The first-order valence-electron chi connectivity index (χ1n) is 9.36. The molecule has 1 aromatic rings. The van der Waals surface area contributed by atoms with E-state index < -0.39 is 10.0 Å². The quantitative estimate of drug-likeness (QED) is 0.850. The number of carbonyl (C=O) groups is 1. The van der Waals surface area contributed by atoms with Gasteiger partial charge in [0.2, 0.25) is 10.0 Å². The minimum atomic E-state index is -3.59. The minimum Gasteiger partial charge on any atom is -0.376 e. The van der Waals surface area contributed by atoms with Crippen LogP contribution in [0.5, 0.6) is 0 Å². The van der Waals surface area contributed by atoms with Crippen LogP contribution in [0, 0.1) is 11.8 Å². The summed E-state index contributed by atoms with van der Waals surface area (Å²) >= 11 is 0. The summed E-state index contributed by atoms with van der Waals surface area (Å²) in [6, 6.07) is 6.32. The van der Waals surface area contributed by atoms with Crippen molar-refractivity contribution in [1.29, 1.82) is 0 Å². The van der Waals surface area contributed by atoms with E-state index in [1.165, 1.54) is 6.07 Å². The molecule has 2 heterocycles. The van der Waals surface area contributed by atoms with Crippen LogP contribution in [0.4, 0.5) is 0 Å². The maximum absolute atomic E-state index is 13.0. The lowest BCUT2D eigenvalue weighted by Crippen LogP contribution is -2.42. The fourth-order valence-corrected chi connectivity index (χ4v) is 5.59. The van der Waals surface area contributed by atoms with E-state index in [0.717, 1.165) is 25.9 Å². The van der Waals surface area contributed by atoms with Crippen molar-refractivity contribution in [3.8, 4) is 0 Å². The van der Waals surface area contributed by atoms with Gasteiger partial charge >= 0.3 is 0 Å². The van der Waals surface area contributed by atoms with Crippen LogP contribution in [-0.4, -0.2) is 51.0 Å². The minimum absolute atomic E-state index is 0.0576. The zero-order valence-electron chi connectivity index (χ0n) is 15.5. The lowest BCUT2D eigenvalue weighted by Gasteiger charge is -2.34. The Labute approximate surface area is 156 Å². The van der Waals surface area contributed by atoms with Gasteiger partial charge in [-0.1, -0.05) is 19.9 Å². The molecule has 2 aliphatic rings. The molecule has 0 spiro atoms. The number of hydrogen-bond acceptors (Lipinski definition) is 4. The summed E-state index contributed by atoms with van der Waals surface area (Å²) in [5, 5.41) is 2.84. The van der Waals surface area contributed by atoms with Gasteiger partial charge in [-0.15, -0.1) is 0 Å². The predicted molar refractivity (Wildman–Crippen MR) is 99.5 cm³/mol. The molecule has 3 unspecified atom stereocenters. The Kier molecular flexibility index (Phi) is 5.99. The van der Waals surface area contributed by atoms with Crippen LogP contribution in [0.15, 0.2) is 29.2 Å². The average Bonchev–Trinajstić information content (AvgIpc) is 3.12. The maximum Gasteiger partial charge on any atom is 0.251 e. The number of sulfonamides is 1. The molecule has 6 nitrogen and oxygen atoms in total. The second-order valence-corrected chi connectivity index (χ2v) is 9.58. The Hall–Kier alpha value is -1.44. The van der Waals surface area contributed by atoms with Crippen LogP contribution in [0.25, 0.3) is 0 Å². The van der Waals surface area contributed by atoms with Crippen molar-refractivity contribution in [3.63, 3.8) is 0 Å². The molecule has 1 N–H and O–H groups in total. The van der Waals surface area contributed by atoms with Gasteiger partial charge in [0.25, 0.3) is 5.91 Å². The van der Waals surface area contributed by atoms with Gasteiger partial charge in [-0.05, 0) is 49.3 Å². The van der Waals surface area contributed by atoms with E-state index in [2.05, 4.69) is 19.2 Å². The average molecular weight is 381 g/mol. The van der Waals surface area contributed by atoms with Crippen LogP contribution in [0.2, 0.25) is 0 Å². The fraction of sp³-hybridized carbons (Fsp3) is 0.632. The third-order valence-electron chi connectivity index (χ3n) is 5.08. The third-order valence-corrected chi connectivity index (χ3v) is 6.91. The Balaban J connectivity index is 1.72. The zero-order valence-corrected chi connectivity index (χ0v) is 16.3. The van der Waals surface area contributed by atoms with Crippen molar-refractivity contribution < 1.29 is 17.9 Å². The second kappa shape index (κ2) is 8.06. The molecular formula is C19H28N2O4S. The van der Waals surface area contributed by atoms with Gasteiger partial charge in [-0.2, -0.15) is 4.31 Å². The van der Waals surface area contributed by atoms with Gasteiger partial charge in [0.05, 0.1) is 11.0 Å². The van der Waals surface area contributed by atoms with Gasteiger partial charge in [-0.25, -0.2) is 8.42 Å². The number of nitrogens with zero attached hydrogens (tertiary/aromatic N) is 1. The first-order valence-corrected chi connectivity index (χ1v) is 10.8. The van der Waals surface area contributed by atoms with E-state index >= 15 is 0 Å². The highest BCUT2D eigenvalue weighted by Gasteiger charge is 2.32. The van der Waals surface area contributed by atoms with E-state index in [1.54, 1.807) is 22.5 Å². The molecule has 144 valence electrons. The Morgan fingerprint density at radius 2 is 2.00 bits per heavy atom. The molecule has 0 saturated carbocycles. The highest BCUT2D eigenvalue weighted by Crippen LogP contribution is 2.27. The van der Waals surface area contributed by atoms with Crippen LogP contribution >= 0.6 is 0 Å². The standard InChI is InChI=1S/C19H28N2O4S/c1-14-9-15(2)13-21(12-14)26(23,24)18-7-3-5-16(10-18)19(22)20-11-17-6-4-8-25-17/h3,5,7,10,14-15,17H,4,6,8-9,11-13H2,1-2H3,(H,20,22). The molecule has 26 heavy (non-hydrogen) atoms. The Bertz CT molecular complexity index is 734. The van der Waals surface area contributed by atoms with E-state index in [9.17, 15) is 13.2 Å². The molecule has 2 saturated heterocycles. The lowest BCUT2D eigenvalue weighted by atomic mass is 9.94. The molecular weight excluding hydrogens is 352 g/mol. The van der Waals surface area contributed by atoms with Crippen molar-refractivity contribution in [2.24, 2.45) is 11.8 Å². The molecule has 1 aromatic carbocycles. The first kappa shape index (κ1) is 19.3. The molecule has 1 amide bonds. The molecule has 0 aliphatic carbocycles. The number of carbonyl (C=O) groups excluding carboxylic acids is 1. The normalized spacial score (nSPS) is 27.4. The molecule has 7 heteroatoms. The summed E-state index contributed by atoms with van der Waals surface area (Å²) in [6.07, 6.45) is 3.06. The number of amides is 1. The summed E-state index contributed by atoms with van der Waals surface area (Å²) in [5.74, 6) is 0.413. The molecule has 2 aliphatic heterocycles. The highest BCUT2D eigenvalue weighted by molar-refractivity contribution is 7.89. The monoisotopic (exact) mass is 380 g/mol. The highest BCUT2D eigenvalue weighted by atomic mass is 32.2.